The molecule has 5 aliphatic rings. The molecule has 0 amide bonds. The van der Waals surface area contributed by atoms with Crippen molar-refractivity contribution in [2.24, 2.45) is 22.7 Å². The SMILES string of the molecule is CC1(C)[C@@H]2C[C@H]1[C@@]1(C)CCC[C@@H]3O[C@@]31C2=O. The molecule has 16 heavy (non-hydrogen) atoms. The molecule has 5 fully saturated rings. The van der Waals surface area contributed by atoms with Gasteiger partial charge >= 0.3 is 0 Å². The summed E-state index contributed by atoms with van der Waals surface area (Å²) in [6.07, 6.45) is 4.95. The van der Waals surface area contributed by atoms with E-state index in [0.29, 0.717) is 11.7 Å². The monoisotopic (exact) mass is 220 g/mol. The molecule has 0 aromatic rings. The lowest BCUT2D eigenvalue weighted by Crippen LogP contribution is -2.70. The van der Waals surface area contributed by atoms with E-state index >= 15 is 0 Å². The van der Waals surface area contributed by atoms with Gasteiger partial charge in [0.15, 0.2) is 11.4 Å². The van der Waals surface area contributed by atoms with Crippen LogP contribution in [-0.2, 0) is 9.53 Å². The predicted molar refractivity (Wildman–Crippen MR) is 59.9 cm³/mol. The van der Waals surface area contributed by atoms with Crippen LogP contribution in [0.2, 0.25) is 0 Å². The topological polar surface area (TPSA) is 29.6 Å². The van der Waals surface area contributed by atoms with E-state index in [1.54, 1.807) is 0 Å². The predicted octanol–water partition coefficient (Wildman–Crippen LogP) is 2.56. The number of carbonyl (C=O) groups is 1. The summed E-state index contributed by atoms with van der Waals surface area (Å²) in [6.45, 7) is 6.90. The average Bonchev–Trinajstić information content (AvgIpc) is 2.91. The number of rotatable bonds is 0. The molecule has 0 N–H and O–H groups in total. The molecule has 0 aromatic heterocycles. The van der Waals surface area contributed by atoms with E-state index in [-0.39, 0.29) is 28.5 Å². The first-order valence-electron chi connectivity index (χ1n) is 6.67. The van der Waals surface area contributed by atoms with Crippen molar-refractivity contribution in [2.45, 2.75) is 58.2 Å². The Morgan fingerprint density at radius 2 is 2.06 bits per heavy atom. The first-order chi connectivity index (χ1) is 7.44. The molecule has 0 radical (unpaired) electrons. The largest absolute Gasteiger partial charge is 0.357 e. The second-order valence-electron chi connectivity index (χ2n) is 7.18. The standard InChI is InChI=1S/C14H20O2/c1-12(2)8-7-9(12)13(3)6-4-5-10-14(13,16-10)11(8)15/h8-10H,4-7H2,1-3H3/t8-,9-,10+,13-,14-/m1/s1. The lowest BCUT2D eigenvalue weighted by atomic mass is 9.35. The van der Waals surface area contributed by atoms with Crippen LogP contribution in [-0.4, -0.2) is 17.5 Å². The van der Waals surface area contributed by atoms with Gasteiger partial charge in [-0.2, -0.15) is 0 Å². The molecule has 1 heterocycles. The zero-order valence-corrected chi connectivity index (χ0v) is 10.4. The molecular weight excluding hydrogens is 200 g/mol. The number of hydrogen-bond acceptors (Lipinski definition) is 2. The summed E-state index contributed by atoms with van der Waals surface area (Å²) in [5, 5.41) is 0. The fourth-order valence-corrected chi connectivity index (χ4v) is 5.44. The van der Waals surface area contributed by atoms with E-state index in [9.17, 15) is 4.79 Å². The molecular formula is C14H20O2. The van der Waals surface area contributed by atoms with Gasteiger partial charge < -0.3 is 4.74 Å². The normalized spacial score (nSPS) is 60.7. The Labute approximate surface area is 96.7 Å². The lowest BCUT2D eigenvalue weighted by Gasteiger charge is -2.66. The van der Waals surface area contributed by atoms with Crippen LogP contribution in [0.5, 0.6) is 0 Å². The minimum absolute atomic E-state index is 0.144. The van der Waals surface area contributed by atoms with Gasteiger partial charge in [0.25, 0.3) is 0 Å². The molecule has 2 bridgehead atoms. The zero-order chi connectivity index (χ0) is 11.3. The molecule has 4 aliphatic carbocycles. The Hall–Kier alpha value is -0.370. The molecule has 4 saturated carbocycles. The van der Waals surface area contributed by atoms with Crippen LogP contribution in [0.25, 0.3) is 0 Å². The summed E-state index contributed by atoms with van der Waals surface area (Å²) >= 11 is 0. The van der Waals surface area contributed by atoms with E-state index in [0.717, 1.165) is 12.8 Å². The second-order valence-corrected chi connectivity index (χ2v) is 7.18. The Morgan fingerprint density at radius 3 is 2.75 bits per heavy atom. The number of carbonyl (C=O) groups excluding carboxylic acids is 1. The van der Waals surface area contributed by atoms with Gasteiger partial charge in [-0.25, -0.2) is 0 Å². The zero-order valence-electron chi connectivity index (χ0n) is 10.4. The van der Waals surface area contributed by atoms with Crippen LogP contribution in [0.1, 0.15) is 46.5 Å². The summed E-state index contributed by atoms with van der Waals surface area (Å²) < 4.78 is 5.93. The van der Waals surface area contributed by atoms with Crippen molar-refractivity contribution in [1.29, 1.82) is 0 Å². The number of ether oxygens (including phenoxy) is 1. The molecule has 0 unspecified atom stereocenters. The van der Waals surface area contributed by atoms with Crippen LogP contribution >= 0.6 is 0 Å². The number of ketones is 1. The molecule has 1 spiro atoms. The highest BCUT2D eigenvalue weighted by Crippen LogP contribution is 2.76. The van der Waals surface area contributed by atoms with Crippen molar-refractivity contribution in [3.63, 3.8) is 0 Å². The van der Waals surface area contributed by atoms with Gasteiger partial charge in [0, 0.05) is 11.3 Å². The van der Waals surface area contributed by atoms with E-state index in [2.05, 4.69) is 20.8 Å². The fraction of sp³-hybridized carbons (Fsp3) is 0.929. The van der Waals surface area contributed by atoms with E-state index < -0.39 is 0 Å². The van der Waals surface area contributed by atoms with E-state index in [1.165, 1.54) is 12.8 Å². The van der Waals surface area contributed by atoms with Crippen molar-refractivity contribution >= 4 is 5.78 Å². The smallest absolute Gasteiger partial charge is 0.171 e. The maximum atomic E-state index is 12.7. The first kappa shape index (κ1) is 9.64. The molecule has 0 aromatic carbocycles. The number of epoxide rings is 1. The van der Waals surface area contributed by atoms with Gasteiger partial charge in [-0.3, -0.25) is 4.79 Å². The van der Waals surface area contributed by atoms with Crippen LogP contribution in [0.15, 0.2) is 0 Å². The van der Waals surface area contributed by atoms with Gasteiger partial charge in [-0.15, -0.1) is 0 Å². The summed E-state index contributed by atoms with van der Waals surface area (Å²) in [6, 6.07) is 0. The molecule has 2 nitrogen and oxygen atoms in total. The third-order valence-electron chi connectivity index (χ3n) is 6.45. The van der Waals surface area contributed by atoms with Crippen LogP contribution in [0.4, 0.5) is 0 Å². The highest BCUT2D eigenvalue weighted by Gasteiger charge is 2.83. The first-order valence-corrected chi connectivity index (χ1v) is 6.67. The van der Waals surface area contributed by atoms with Gasteiger partial charge in [-0.1, -0.05) is 27.2 Å². The highest BCUT2D eigenvalue weighted by molar-refractivity contribution is 5.97. The minimum Gasteiger partial charge on any atom is -0.357 e. The van der Waals surface area contributed by atoms with Gasteiger partial charge in [-0.05, 0) is 30.6 Å². The Morgan fingerprint density at radius 1 is 1.31 bits per heavy atom. The Balaban J connectivity index is 1.87. The average molecular weight is 220 g/mol. The fourth-order valence-electron chi connectivity index (χ4n) is 5.44. The molecule has 1 saturated heterocycles. The third-order valence-corrected chi connectivity index (χ3v) is 6.45. The Kier molecular flexibility index (Phi) is 1.37. The van der Waals surface area contributed by atoms with E-state index in [4.69, 9.17) is 4.74 Å². The number of hydrogen-bond donors (Lipinski definition) is 0. The van der Waals surface area contributed by atoms with Crippen molar-refractivity contribution < 1.29 is 9.53 Å². The van der Waals surface area contributed by atoms with Gasteiger partial charge in [0.1, 0.15) is 0 Å². The van der Waals surface area contributed by atoms with Crippen molar-refractivity contribution in [1.82, 2.24) is 0 Å². The summed E-state index contributed by atoms with van der Waals surface area (Å²) in [5.41, 5.74) is 0.0462. The lowest BCUT2D eigenvalue weighted by molar-refractivity contribution is -0.197. The quantitative estimate of drug-likeness (QED) is 0.587. The third kappa shape index (κ3) is 0.678. The van der Waals surface area contributed by atoms with Gasteiger partial charge in [0.05, 0.1) is 6.10 Å². The summed E-state index contributed by atoms with van der Waals surface area (Å²) in [5.74, 6) is 1.44. The maximum Gasteiger partial charge on any atom is 0.171 e. The maximum absolute atomic E-state index is 12.7. The summed E-state index contributed by atoms with van der Waals surface area (Å²) in [7, 11) is 0. The van der Waals surface area contributed by atoms with E-state index in [1.807, 2.05) is 0 Å². The molecule has 88 valence electrons. The Bertz CT molecular complexity index is 400. The van der Waals surface area contributed by atoms with Crippen molar-refractivity contribution in [3.8, 4) is 0 Å². The number of Topliss-reactive ketones (excluding diaryl/α,β-unsaturated/α-hetero) is 1. The second kappa shape index (κ2) is 2.27. The molecule has 5 atom stereocenters. The van der Waals surface area contributed by atoms with Crippen LogP contribution < -0.4 is 0 Å². The molecule has 1 aliphatic heterocycles. The highest BCUT2D eigenvalue weighted by atomic mass is 16.6. The van der Waals surface area contributed by atoms with Crippen molar-refractivity contribution in [3.05, 3.63) is 0 Å². The van der Waals surface area contributed by atoms with Crippen LogP contribution in [0, 0.1) is 22.7 Å². The minimum atomic E-state index is -0.325. The molecule has 5 rings (SSSR count). The summed E-state index contributed by atoms with van der Waals surface area (Å²) in [4.78, 5) is 12.7. The van der Waals surface area contributed by atoms with Crippen molar-refractivity contribution in [2.75, 3.05) is 0 Å². The van der Waals surface area contributed by atoms with Gasteiger partial charge in [0.2, 0.25) is 0 Å². The molecule has 2 heteroatoms. The van der Waals surface area contributed by atoms with Crippen LogP contribution in [0.3, 0.4) is 0 Å².